The van der Waals surface area contributed by atoms with Gasteiger partial charge in [-0.05, 0) is 43.8 Å². The van der Waals surface area contributed by atoms with Gasteiger partial charge in [0.1, 0.15) is 5.75 Å². The van der Waals surface area contributed by atoms with E-state index in [1.54, 1.807) is 24.3 Å². The van der Waals surface area contributed by atoms with Crippen LogP contribution in [0.2, 0.25) is 0 Å². The number of carbonyl (C=O) groups is 2. The molecule has 0 bridgehead atoms. The van der Waals surface area contributed by atoms with Crippen molar-refractivity contribution in [3.05, 3.63) is 65.2 Å². The van der Waals surface area contributed by atoms with E-state index in [1.807, 2.05) is 14.1 Å². The minimum atomic E-state index is -0.220. The molecule has 0 aliphatic heterocycles. The van der Waals surface area contributed by atoms with E-state index in [2.05, 4.69) is 41.4 Å². The number of carbonyl (C=O) groups excluding carboxylic acids is 2. The minimum Gasteiger partial charge on any atom is -0.483 e. The number of nitrogens with zero attached hydrogens (tertiary/aromatic N) is 1. The molecule has 0 radical (unpaired) electrons. The number of hydrogen-bond acceptors (Lipinski definition) is 4. The average Bonchev–Trinajstić information content (AvgIpc) is 2.67. The van der Waals surface area contributed by atoms with E-state index in [0.717, 1.165) is 18.3 Å². The number of rotatable bonds is 9. The molecule has 0 heterocycles. The molecule has 5 heteroatoms. The smallest absolute Gasteiger partial charge is 0.258 e. The van der Waals surface area contributed by atoms with Gasteiger partial charge in [-0.1, -0.05) is 43.3 Å². The first-order chi connectivity index (χ1) is 12.5. The first kappa shape index (κ1) is 19.7. The normalized spacial score (nSPS) is 11.8. The third kappa shape index (κ3) is 5.43. The van der Waals surface area contributed by atoms with Crippen molar-refractivity contribution < 1.29 is 14.3 Å². The van der Waals surface area contributed by atoms with E-state index < -0.39 is 0 Å². The number of hydrogen-bond donors (Lipinski definition) is 1. The molecule has 0 fully saturated rings. The largest absolute Gasteiger partial charge is 0.483 e. The SMILES string of the molecule is CCc1ccc(C(CNC(=O)COc2ccccc2C=O)N(C)C)cc1. The molecule has 1 atom stereocenters. The van der Waals surface area contributed by atoms with Crippen LogP contribution in [0.4, 0.5) is 0 Å². The van der Waals surface area contributed by atoms with Gasteiger partial charge >= 0.3 is 0 Å². The lowest BCUT2D eigenvalue weighted by Crippen LogP contribution is -2.36. The van der Waals surface area contributed by atoms with Crippen LogP contribution in [0.3, 0.4) is 0 Å². The summed E-state index contributed by atoms with van der Waals surface area (Å²) >= 11 is 0. The second kappa shape index (κ2) is 9.73. The number of ether oxygens (including phenoxy) is 1. The second-order valence-electron chi connectivity index (χ2n) is 6.32. The topological polar surface area (TPSA) is 58.6 Å². The Kier molecular flexibility index (Phi) is 7.36. The van der Waals surface area contributed by atoms with Crippen LogP contribution in [0.15, 0.2) is 48.5 Å². The van der Waals surface area contributed by atoms with Crippen molar-refractivity contribution in [1.29, 1.82) is 0 Å². The summed E-state index contributed by atoms with van der Waals surface area (Å²) in [6.45, 7) is 2.48. The molecule has 0 saturated heterocycles. The molecule has 0 aromatic heterocycles. The van der Waals surface area contributed by atoms with Crippen LogP contribution in [0.1, 0.15) is 34.5 Å². The number of para-hydroxylation sites is 1. The lowest BCUT2D eigenvalue weighted by Gasteiger charge is -2.25. The molecule has 5 nitrogen and oxygen atoms in total. The van der Waals surface area contributed by atoms with Gasteiger partial charge in [-0.15, -0.1) is 0 Å². The highest BCUT2D eigenvalue weighted by Gasteiger charge is 2.15. The van der Waals surface area contributed by atoms with Crippen molar-refractivity contribution in [2.45, 2.75) is 19.4 Å². The minimum absolute atomic E-state index is 0.0760. The highest BCUT2D eigenvalue weighted by Crippen LogP contribution is 2.18. The van der Waals surface area contributed by atoms with Gasteiger partial charge in [0.15, 0.2) is 12.9 Å². The van der Waals surface area contributed by atoms with Crippen LogP contribution in [0, 0.1) is 0 Å². The zero-order valence-electron chi connectivity index (χ0n) is 15.6. The van der Waals surface area contributed by atoms with Crippen LogP contribution in [0.25, 0.3) is 0 Å². The van der Waals surface area contributed by atoms with Gasteiger partial charge in [0.2, 0.25) is 0 Å². The number of aldehydes is 1. The van der Waals surface area contributed by atoms with Gasteiger partial charge in [0, 0.05) is 6.54 Å². The Hall–Kier alpha value is -2.66. The fourth-order valence-corrected chi connectivity index (χ4v) is 2.69. The Morgan fingerprint density at radius 3 is 2.46 bits per heavy atom. The molecule has 2 aromatic rings. The van der Waals surface area contributed by atoms with E-state index in [0.29, 0.717) is 17.9 Å². The third-order valence-electron chi connectivity index (χ3n) is 4.29. The molecule has 0 saturated carbocycles. The summed E-state index contributed by atoms with van der Waals surface area (Å²) in [7, 11) is 3.97. The van der Waals surface area contributed by atoms with Gasteiger partial charge in [-0.2, -0.15) is 0 Å². The van der Waals surface area contributed by atoms with Crippen molar-refractivity contribution >= 4 is 12.2 Å². The Labute approximate surface area is 155 Å². The molecular formula is C21H26N2O3. The first-order valence-electron chi connectivity index (χ1n) is 8.74. The molecule has 26 heavy (non-hydrogen) atoms. The fraction of sp³-hybridized carbons (Fsp3) is 0.333. The van der Waals surface area contributed by atoms with E-state index in [1.165, 1.54) is 5.56 Å². The molecule has 2 aromatic carbocycles. The molecule has 138 valence electrons. The molecule has 0 spiro atoms. The van der Waals surface area contributed by atoms with Crippen LogP contribution in [0.5, 0.6) is 5.75 Å². The molecule has 0 aliphatic rings. The van der Waals surface area contributed by atoms with Crippen molar-refractivity contribution in [1.82, 2.24) is 10.2 Å². The number of aryl methyl sites for hydroxylation is 1. The highest BCUT2D eigenvalue weighted by atomic mass is 16.5. The Morgan fingerprint density at radius 1 is 1.15 bits per heavy atom. The van der Waals surface area contributed by atoms with Crippen molar-refractivity contribution in [2.24, 2.45) is 0 Å². The quantitative estimate of drug-likeness (QED) is 0.704. The van der Waals surface area contributed by atoms with Crippen LogP contribution < -0.4 is 10.1 Å². The molecule has 1 unspecified atom stereocenters. The second-order valence-corrected chi connectivity index (χ2v) is 6.32. The van der Waals surface area contributed by atoms with E-state index in [9.17, 15) is 9.59 Å². The summed E-state index contributed by atoms with van der Waals surface area (Å²) in [5, 5.41) is 2.90. The maximum Gasteiger partial charge on any atom is 0.258 e. The van der Waals surface area contributed by atoms with E-state index >= 15 is 0 Å². The third-order valence-corrected chi connectivity index (χ3v) is 4.29. The van der Waals surface area contributed by atoms with Crippen molar-refractivity contribution in [2.75, 3.05) is 27.2 Å². The molecule has 1 N–H and O–H groups in total. The Bertz CT molecular complexity index is 726. The zero-order valence-corrected chi connectivity index (χ0v) is 15.6. The summed E-state index contributed by atoms with van der Waals surface area (Å²) < 4.78 is 5.46. The van der Waals surface area contributed by atoms with Gasteiger partial charge in [-0.3, -0.25) is 9.59 Å². The van der Waals surface area contributed by atoms with Gasteiger partial charge in [0.05, 0.1) is 11.6 Å². The number of nitrogens with one attached hydrogen (secondary N) is 1. The predicted octanol–water partition coefficient (Wildman–Crippen LogP) is 2.86. The van der Waals surface area contributed by atoms with Crippen molar-refractivity contribution in [3.63, 3.8) is 0 Å². The lowest BCUT2D eigenvalue weighted by atomic mass is 10.0. The van der Waals surface area contributed by atoms with Crippen LogP contribution in [-0.4, -0.2) is 44.3 Å². The number of benzene rings is 2. The highest BCUT2D eigenvalue weighted by molar-refractivity contribution is 5.80. The summed E-state index contributed by atoms with van der Waals surface area (Å²) in [6, 6.07) is 15.4. The lowest BCUT2D eigenvalue weighted by molar-refractivity contribution is -0.123. The number of amides is 1. The average molecular weight is 354 g/mol. The molecular weight excluding hydrogens is 328 g/mol. The fourth-order valence-electron chi connectivity index (χ4n) is 2.69. The van der Waals surface area contributed by atoms with Crippen LogP contribution >= 0.6 is 0 Å². The standard InChI is InChI=1S/C21H26N2O3/c1-4-16-9-11-17(12-10-16)19(23(2)3)13-22-21(25)15-26-20-8-6-5-7-18(20)14-24/h5-12,14,19H,4,13,15H2,1-3H3,(H,22,25). The van der Waals surface area contributed by atoms with Gasteiger partial charge in [0.25, 0.3) is 5.91 Å². The zero-order chi connectivity index (χ0) is 18.9. The maximum atomic E-state index is 12.1. The van der Waals surface area contributed by atoms with E-state index in [4.69, 9.17) is 4.74 Å². The summed E-state index contributed by atoms with van der Waals surface area (Å²) in [5.74, 6) is 0.194. The Morgan fingerprint density at radius 2 is 1.85 bits per heavy atom. The molecule has 1 amide bonds. The molecule has 2 rings (SSSR count). The summed E-state index contributed by atoms with van der Waals surface area (Å²) in [5.41, 5.74) is 2.87. The first-order valence-corrected chi connectivity index (χ1v) is 8.74. The predicted molar refractivity (Wildman–Crippen MR) is 103 cm³/mol. The maximum absolute atomic E-state index is 12.1. The van der Waals surface area contributed by atoms with E-state index in [-0.39, 0.29) is 18.6 Å². The van der Waals surface area contributed by atoms with Gasteiger partial charge in [-0.25, -0.2) is 0 Å². The van der Waals surface area contributed by atoms with Crippen molar-refractivity contribution in [3.8, 4) is 5.75 Å². The number of likely N-dealkylation sites (N-methyl/N-ethyl adjacent to an activating group) is 1. The monoisotopic (exact) mass is 354 g/mol. The molecule has 0 aliphatic carbocycles. The summed E-state index contributed by atoms with van der Waals surface area (Å²) in [4.78, 5) is 25.2. The Balaban J connectivity index is 1.91. The van der Waals surface area contributed by atoms with Gasteiger partial charge < -0.3 is 15.0 Å². The summed E-state index contributed by atoms with van der Waals surface area (Å²) in [6.07, 6.45) is 1.72. The van der Waals surface area contributed by atoms with Crippen LogP contribution in [-0.2, 0) is 11.2 Å².